The second kappa shape index (κ2) is 65.8. The number of hydrogen-bond donors (Lipinski definition) is 0. The van der Waals surface area contributed by atoms with E-state index in [0.717, 1.165) is 109 Å². The normalized spacial score (nSPS) is 12.7. The molecule has 6 heteroatoms. The summed E-state index contributed by atoms with van der Waals surface area (Å²) in [5.41, 5.74) is 0. The van der Waals surface area contributed by atoms with Gasteiger partial charge in [0, 0.05) is 19.3 Å². The third kappa shape index (κ3) is 63.2. The quantitative estimate of drug-likeness (QED) is 0.0261. The molecule has 6 nitrogen and oxygen atoms in total. The zero-order chi connectivity index (χ0) is 56.4. The summed E-state index contributed by atoms with van der Waals surface area (Å²) in [4.78, 5) is 38.2. The van der Waals surface area contributed by atoms with Crippen molar-refractivity contribution in [1.82, 2.24) is 0 Å². The van der Waals surface area contributed by atoms with Crippen molar-refractivity contribution in [3.05, 3.63) is 97.2 Å². The smallest absolute Gasteiger partial charge is 0.306 e. The van der Waals surface area contributed by atoms with E-state index >= 15 is 0 Å². The van der Waals surface area contributed by atoms with Gasteiger partial charge in [-0.2, -0.15) is 0 Å². The molecule has 0 bridgehead atoms. The summed E-state index contributed by atoms with van der Waals surface area (Å²) in [5, 5.41) is 0. The molecular weight excluding hydrogens is 961 g/mol. The van der Waals surface area contributed by atoms with Crippen molar-refractivity contribution in [2.75, 3.05) is 13.2 Å². The topological polar surface area (TPSA) is 78.9 Å². The summed E-state index contributed by atoms with van der Waals surface area (Å²) >= 11 is 0. The number of unbranched alkanes of at least 4 members (excludes halogenated alkanes) is 33. The van der Waals surface area contributed by atoms with Gasteiger partial charge in [0.15, 0.2) is 6.10 Å². The minimum atomic E-state index is -0.777. The molecule has 0 radical (unpaired) electrons. The summed E-state index contributed by atoms with van der Waals surface area (Å²) in [7, 11) is 0. The van der Waals surface area contributed by atoms with E-state index < -0.39 is 6.10 Å². The third-order valence-electron chi connectivity index (χ3n) is 14.3. The molecule has 0 N–H and O–H groups in total. The van der Waals surface area contributed by atoms with E-state index in [4.69, 9.17) is 14.2 Å². The predicted molar refractivity (Wildman–Crippen MR) is 339 cm³/mol. The predicted octanol–water partition coefficient (Wildman–Crippen LogP) is 22.8. The van der Waals surface area contributed by atoms with Crippen LogP contribution in [-0.2, 0) is 28.6 Å². The lowest BCUT2D eigenvalue weighted by molar-refractivity contribution is -0.167. The molecule has 0 aliphatic heterocycles. The Kier molecular flexibility index (Phi) is 62.7. The van der Waals surface area contributed by atoms with Gasteiger partial charge in [0.1, 0.15) is 13.2 Å². The molecule has 1 unspecified atom stereocenters. The largest absolute Gasteiger partial charge is 0.462 e. The lowest BCUT2D eigenvalue weighted by Crippen LogP contribution is -2.30. The van der Waals surface area contributed by atoms with Crippen LogP contribution in [0.4, 0.5) is 0 Å². The van der Waals surface area contributed by atoms with E-state index in [9.17, 15) is 14.4 Å². The van der Waals surface area contributed by atoms with Crippen molar-refractivity contribution >= 4 is 17.9 Å². The number of rotatable bonds is 60. The van der Waals surface area contributed by atoms with Crippen LogP contribution < -0.4 is 0 Å². The minimum absolute atomic E-state index is 0.0762. The van der Waals surface area contributed by atoms with Gasteiger partial charge in [-0.1, -0.05) is 304 Å². The first-order valence-electron chi connectivity index (χ1n) is 33.2. The van der Waals surface area contributed by atoms with Crippen LogP contribution in [0.3, 0.4) is 0 Å². The third-order valence-corrected chi connectivity index (χ3v) is 14.3. The van der Waals surface area contributed by atoms with E-state index in [1.165, 1.54) is 173 Å². The molecule has 0 saturated heterocycles. The number of ether oxygens (including phenoxy) is 3. The second-order valence-corrected chi connectivity index (χ2v) is 22.0. The van der Waals surface area contributed by atoms with Gasteiger partial charge in [0.25, 0.3) is 0 Å². The number of hydrogen-bond acceptors (Lipinski definition) is 6. The van der Waals surface area contributed by atoms with Crippen molar-refractivity contribution in [1.29, 1.82) is 0 Å². The SMILES string of the molecule is CC/C=C\C/C=C\C/C=C\C/C=C\C/C=C\C/C=C\C/C=C\CCCCCCCCCCCCCCCC(=O)OCC(COC(=O)CCCCCCC/C=C\CCCC)OC(=O)CCCCCCCCCCCCCCCC. The Morgan fingerprint density at radius 3 is 0.833 bits per heavy atom. The Morgan fingerprint density at radius 2 is 0.513 bits per heavy atom. The Balaban J connectivity index is 4.11. The average molecular weight is 1090 g/mol. The number of carbonyl (C=O) groups is 3. The molecular formula is C72H124O6. The van der Waals surface area contributed by atoms with Gasteiger partial charge in [-0.25, -0.2) is 0 Å². The maximum absolute atomic E-state index is 12.9. The highest BCUT2D eigenvalue weighted by Gasteiger charge is 2.19. The highest BCUT2D eigenvalue weighted by Crippen LogP contribution is 2.17. The maximum atomic E-state index is 12.9. The molecule has 0 aromatic carbocycles. The summed E-state index contributed by atoms with van der Waals surface area (Å²) in [6.07, 6.45) is 88.6. The van der Waals surface area contributed by atoms with Gasteiger partial charge < -0.3 is 14.2 Å². The van der Waals surface area contributed by atoms with E-state index in [-0.39, 0.29) is 31.1 Å². The zero-order valence-electron chi connectivity index (χ0n) is 51.4. The van der Waals surface area contributed by atoms with E-state index in [2.05, 4.69) is 118 Å². The average Bonchev–Trinajstić information content (AvgIpc) is 3.44. The van der Waals surface area contributed by atoms with Gasteiger partial charge in [0.2, 0.25) is 0 Å². The molecule has 1 atom stereocenters. The summed E-state index contributed by atoms with van der Waals surface area (Å²) in [5.74, 6) is -0.875. The van der Waals surface area contributed by atoms with Crippen LogP contribution in [-0.4, -0.2) is 37.2 Å². The maximum Gasteiger partial charge on any atom is 0.306 e. The molecule has 448 valence electrons. The van der Waals surface area contributed by atoms with E-state index in [1.54, 1.807) is 0 Å². The van der Waals surface area contributed by atoms with Crippen LogP contribution in [0.1, 0.15) is 323 Å². The second-order valence-electron chi connectivity index (χ2n) is 22.0. The first-order valence-corrected chi connectivity index (χ1v) is 33.2. The van der Waals surface area contributed by atoms with Gasteiger partial charge in [-0.3, -0.25) is 14.4 Å². The van der Waals surface area contributed by atoms with Crippen molar-refractivity contribution in [2.45, 2.75) is 329 Å². The molecule has 0 aromatic rings. The summed E-state index contributed by atoms with van der Waals surface area (Å²) < 4.78 is 16.9. The fraction of sp³-hybridized carbons (Fsp3) is 0.736. The molecule has 78 heavy (non-hydrogen) atoms. The van der Waals surface area contributed by atoms with Gasteiger partial charge >= 0.3 is 17.9 Å². The van der Waals surface area contributed by atoms with Crippen LogP contribution in [0.2, 0.25) is 0 Å². The van der Waals surface area contributed by atoms with Crippen molar-refractivity contribution in [2.24, 2.45) is 0 Å². The summed E-state index contributed by atoms with van der Waals surface area (Å²) in [6.45, 7) is 6.51. The van der Waals surface area contributed by atoms with Crippen LogP contribution in [0, 0.1) is 0 Å². The van der Waals surface area contributed by atoms with Crippen LogP contribution in [0.5, 0.6) is 0 Å². The van der Waals surface area contributed by atoms with Crippen LogP contribution >= 0.6 is 0 Å². The van der Waals surface area contributed by atoms with E-state index in [0.29, 0.717) is 19.3 Å². The fourth-order valence-electron chi connectivity index (χ4n) is 9.35. The van der Waals surface area contributed by atoms with E-state index in [1.807, 2.05) is 0 Å². The van der Waals surface area contributed by atoms with Crippen molar-refractivity contribution in [3.63, 3.8) is 0 Å². The van der Waals surface area contributed by atoms with Gasteiger partial charge in [-0.15, -0.1) is 0 Å². The number of allylic oxidation sites excluding steroid dienone is 16. The Hall–Kier alpha value is -3.67. The highest BCUT2D eigenvalue weighted by molar-refractivity contribution is 5.71. The van der Waals surface area contributed by atoms with Crippen LogP contribution in [0.15, 0.2) is 97.2 Å². The van der Waals surface area contributed by atoms with Crippen LogP contribution in [0.25, 0.3) is 0 Å². The minimum Gasteiger partial charge on any atom is -0.462 e. The Labute approximate surface area is 483 Å². The lowest BCUT2D eigenvalue weighted by Gasteiger charge is -2.18. The Morgan fingerprint density at radius 1 is 0.269 bits per heavy atom. The molecule has 0 rings (SSSR count). The molecule has 0 aliphatic rings. The molecule has 0 aliphatic carbocycles. The zero-order valence-corrected chi connectivity index (χ0v) is 51.4. The van der Waals surface area contributed by atoms with Gasteiger partial charge in [-0.05, 0) is 96.3 Å². The number of esters is 3. The Bertz CT molecular complexity index is 1530. The lowest BCUT2D eigenvalue weighted by atomic mass is 10.0. The standard InChI is InChI=1S/C72H124O6/c1-4-7-10-13-16-19-22-24-26-27-28-29-30-31-32-33-34-35-36-37-38-39-40-41-42-43-44-45-46-48-50-53-56-59-62-65-71(74)77-68-69(67-76-70(73)64-61-58-55-52-49-21-18-15-12-9-6-3)78-72(75)66-63-60-57-54-51-47-25-23-20-17-14-11-8-5-2/h7,10,15-16,18-19,24,26,28-29,31-32,34-35,37-38,69H,4-6,8-9,11-14,17,20-23,25,27,30,33,36,39-68H2,1-3H3/b10-7-,18-15-,19-16-,26-24-,29-28-,32-31-,35-34-,38-37-. The molecule has 0 heterocycles. The molecule has 0 spiro atoms. The monoisotopic (exact) mass is 1080 g/mol. The van der Waals surface area contributed by atoms with Gasteiger partial charge in [0.05, 0.1) is 0 Å². The summed E-state index contributed by atoms with van der Waals surface area (Å²) in [6, 6.07) is 0. The number of carbonyl (C=O) groups excluding carboxylic acids is 3. The van der Waals surface area contributed by atoms with Crippen molar-refractivity contribution < 1.29 is 28.6 Å². The highest BCUT2D eigenvalue weighted by atomic mass is 16.6. The fourth-order valence-corrected chi connectivity index (χ4v) is 9.35. The first kappa shape index (κ1) is 74.3. The van der Waals surface area contributed by atoms with Crippen molar-refractivity contribution in [3.8, 4) is 0 Å². The first-order chi connectivity index (χ1) is 38.5. The molecule has 0 aromatic heterocycles. The molecule has 0 fully saturated rings. The molecule has 0 amide bonds. The molecule has 0 saturated carbocycles.